The van der Waals surface area contributed by atoms with Crippen molar-refractivity contribution in [1.82, 2.24) is 25.3 Å². The summed E-state index contributed by atoms with van der Waals surface area (Å²) in [6.45, 7) is 3.49. The summed E-state index contributed by atoms with van der Waals surface area (Å²) >= 11 is 0. The molecule has 3 aromatic rings. The molecule has 1 saturated heterocycles. The van der Waals surface area contributed by atoms with Gasteiger partial charge in [0.2, 0.25) is 6.35 Å². The molecule has 1 fully saturated rings. The van der Waals surface area contributed by atoms with Gasteiger partial charge in [0.1, 0.15) is 23.6 Å². The molecule has 0 spiro atoms. The molecular weight excluding hydrogens is 384 g/mol. The average Bonchev–Trinajstić information content (AvgIpc) is 3.24. The maximum Gasteiger partial charge on any atom is 0.231 e. The van der Waals surface area contributed by atoms with Crippen LogP contribution in [0.2, 0.25) is 0 Å². The second-order valence-corrected chi connectivity index (χ2v) is 6.97. The predicted molar refractivity (Wildman–Crippen MR) is 113 cm³/mol. The number of hydrogen-bond donors (Lipinski definition) is 2. The van der Waals surface area contributed by atoms with E-state index in [9.17, 15) is 0 Å². The lowest BCUT2D eigenvalue weighted by atomic mass is 10.2. The molecule has 0 aromatic carbocycles. The molecule has 0 amide bonds. The van der Waals surface area contributed by atoms with E-state index in [4.69, 9.17) is 25.2 Å². The van der Waals surface area contributed by atoms with Crippen LogP contribution in [0.3, 0.4) is 0 Å². The number of aromatic nitrogens is 4. The lowest BCUT2D eigenvalue weighted by Crippen LogP contribution is -2.44. The second-order valence-electron chi connectivity index (χ2n) is 6.97. The lowest BCUT2D eigenvalue weighted by molar-refractivity contribution is 0.178. The number of methoxy groups -OCH3 is 1. The molecule has 1 atom stereocenters. The quantitative estimate of drug-likeness (QED) is 0.652. The van der Waals surface area contributed by atoms with Gasteiger partial charge in [-0.25, -0.2) is 15.0 Å². The fourth-order valence-electron chi connectivity index (χ4n) is 3.66. The summed E-state index contributed by atoms with van der Waals surface area (Å²) in [5, 5.41) is 4.24. The molecule has 5 rings (SSSR count). The Balaban J connectivity index is 1.64. The normalized spacial score (nSPS) is 18.7. The van der Waals surface area contributed by atoms with E-state index in [1.165, 1.54) is 0 Å². The third kappa shape index (κ3) is 3.25. The minimum atomic E-state index is -0.602. The topological polar surface area (TPSA) is 115 Å². The number of nitrogens with two attached hydrogens (primary N) is 1. The predicted octanol–water partition coefficient (Wildman–Crippen LogP) is 1.06. The number of ether oxygens (including phenoxy) is 2. The molecule has 10 heteroatoms. The summed E-state index contributed by atoms with van der Waals surface area (Å²) in [6, 6.07) is 3.78. The van der Waals surface area contributed by atoms with Gasteiger partial charge in [0.15, 0.2) is 5.82 Å². The highest BCUT2D eigenvalue weighted by Crippen LogP contribution is 2.34. The minimum Gasteiger partial charge on any atom is -0.494 e. The molecule has 0 aliphatic carbocycles. The Hall–Kier alpha value is -3.50. The first-order valence-electron chi connectivity index (χ1n) is 9.72. The Bertz CT molecular complexity index is 1100. The minimum absolute atomic E-state index is 0.590. The summed E-state index contributed by atoms with van der Waals surface area (Å²) in [4.78, 5) is 22.4. The van der Waals surface area contributed by atoms with Crippen molar-refractivity contribution in [2.45, 2.75) is 6.35 Å². The van der Waals surface area contributed by atoms with Gasteiger partial charge in [-0.15, -0.1) is 0 Å². The van der Waals surface area contributed by atoms with Crippen molar-refractivity contribution in [1.29, 1.82) is 0 Å². The summed E-state index contributed by atoms with van der Waals surface area (Å²) in [5.41, 5.74) is 7.52. The number of anilines is 2. The molecule has 1 unspecified atom stereocenters. The van der Waals surface area contributed by atoms with Crippen LogP contribution >= 0.6 is 0 Å². The molecule has 2 aliphatic rings. The number of rotatable bonds is 4. The Morgan fingerprint density at radius 1 is 1.23 bits per heavy atom. The van der Waals surface area contributed by atoms with Crippen LogP contribution in [0.15, 0.2) is 43.2 Å². The Morgan fingerprint density at radius 2 is 2.10 bits per heavy atom. The van der Waals surface area contributed by atoms with E-state index in [1.54, 1.807) is 43.1 Å². The van der Waals surface area contributed by atoms with Gasteiger partial charge in [0.25, 0.3) is 0 Å². The van der Waals surface area contributed by atoms with Crippen molar-refractivity contribution in [3.8, 4) is 17.1 Å². The third-order valence-corrected chi connectivity index (χ3v) is 5.17. The van der Waals surface area contributed by atoms with Gasteiger partial charge in [-0.2, -0.15) is 0 Å². The standard InChI is InChI=1S/C20H22N8O2/c1-29-15-12-23-11-14-17(15)19(27-6-4-22-5-7-27)26-18(25-14)13-2-3-24-16(10-13)28-8-9-30-20(28)21/h2-3,8-12,20,22H,4-7,21H2,1H3. The van der Waals surface area contributed by atoms with Gasteiger partial charge in [0, 0.05) is 44.1 Å². The second kappa shape index (κ2) is 7.73. The number of fused-ring (bicyclic) bond motifs is 1. The number of nitrogens with one attached hydrogen (secondary N) is 1. The summed E-state index contributed by atoms with van der Waals surface area (Å²) < 4.78 is 10.8. The largest absolute Gasteiger partial charge is 0.494 e. The van der Waals surface area contributed by atoms with Gasteiger partial charge in [-0.05, 0) is 12.1 Å². The SMILES string of the molecule is COc1cncc2nc(-c3ccnc(N4C=COC4N)c3)nc(N3CCNCC3)c12. The zero-order valence-electron chi connectivity index (χ0n) is 16.5. The first-order valence-corrected chi connectivity index (χ1v) is 9.72. The van der Waals surface area contributed by atoms with Crippen LogP contribution in [0.25, 0.3) is 22.3 Å². The molecule has 10 nitrogen and oxygen atoms in total. The maximum atomic E-state index is 5.96. The Labute approximate surface area is 173 Å². The van der Waals surface area contributed by atoms with Crippen LogP contribution in [0.5, 0.6) is 5.75 Å². The molecule has 154 valence electrons. The highest BCUT2D eigenvalue weighted by atomic mass is 16.5. The van der Waals surface area contributed by atoms with Crippen LogP contribution in [0, 0.1) is 0 Å². The van der Waals surface area contributed by atoms with Crippen molar-refractivity contribution in [3.63, 3.8) is 0 Å². The van der Waals surface area contributed by atoms with Crippen molar-refractivity contribution < 1.29 is 9.47 Å². The number of nitrogens with zero attached hydrogens (tertiary/aromatic N) is 6. The van der Waals surface area contributed by atoms with E-state index in [1.807, 2.05) is 12.1 Å². The van der Waals surface area contributed by atoms with Crippen molar-refractivity contribution in [3.05, 3.63) is 43.2 Å². The van der Waals surface area contributed by atoms with E-state index in [0.29, 0.717) is 17.4 Å². The highest BCUT2D eigenvalue weighted by Gasteiger charge is 2.22. The molecule has 3 N–H and O–H groups in total. The Kier molecular flexibility index (Phi) is 4.77. The summed E-state index contributed by atoms with van der Waals surface area (Å²) in [7, 11) is 1.63. The summed E-state index contributed by atoms with van der Waals surface area (Å²) in [5.74, 6) is 2.75. The number of piperazine rings is 1. The zero-order valence-corrected chi connectivity index (χ0v) is 16.5. The Morgan fingerprint density at radius 3 is 2.87 bits per heavy atom. The van der Waals surface area contributed by atoms with Crippen LogP contribution in [-0.2, 0) is 4.74 Å². The van der Waals surface area contributed by atoms with Crippen LogP contribution in [0.1, 0.15) is 0 Å². The van der Waals surface area contributed by atoms with Crippen molar-refractivity contribution >= 4 is 22.5 Å². The molecule has 0 saturated carbocycles. The van der Waals surface area contributed by atoms with Gasteiger partial charge in [-0.3, -0.25) is 15.6 Å². The highest BCUT2D eigenvalue weighted by molar-refractivity contribution is 5.95. The van der Waals surface area contributed by atoms with Gasteiger partial charge >= 0.3 is 0 Å². The van der Waals surface area contributed by atoms with Gasteiger partial charge < -0.3 is 19.7 Å². The zero-order chi connectivity index (χ0) is 20.5. The summed E-state index contributed by atoms with van der Waals surface area (Å²) in [6.07, 6.45) is 7.85. The van der Waals surface area contributed by atoms with E-state index in [0.717, 1.165) is 48.5 Å². The maximum absolute atomic E-state index is 5.96. The van der Waals surface area contributed by atoms with E-state index >= 15 is 0 Å². The molecule has 5 heterocycles. The average molecular weight is 406 g/mol. The smallest absolute Gasteiger partial charge is 0.231 e. The number of hydrogen-bond acceptors (Lipinski definition) is 10. The van der Waals surface area contributed by atoms with Crippen LogP contribution < -0.4 is 25.6 Å². The van der Waals surface area contributed by atoms with Crippen molar-refractivity contribution in [2.24, 2.45) is 5.73 Å². The van der Waals surface area contributed by atoms with E-state index in [-0.39, 0.29) is 0 Å². The van der Waals surface area contributed by atoms with Crippen LogP contribution in [0.4, 0.5) is 11.6 Å². The number of pyridine rings is 2. The molecule has 0 radical (unpaired) electrons. The van der Waals surface area contributed by atoms with E-state index in [2.05, 4.69) is 20.2 Å². The molecule has 30 heavy (non-hydrogen) atoms. The molecular formula is C20H22N8O2. The molecule has 3 aromatic heterocycles. The molecule has 0 bridgehead atoms. The van der Waals surface area contributed by atoms with Gasteiger partial charge in [-0.1, -0.05) is 0 Å². The molecule has 2 aliphatic heterocycles. The monoisotopic (exact) mass is 406 g/mol. The van der Waals surface area contributed by atoms with Crippen LogP contribution in [-0.4, -0.2) is 59.6 Å². The fourth-order valence-corrected chi connectivity index (χ4v) is 3.66. The lowest BCUT2D eigenvalue weighted by Gasteiger charge is -2.29. The fraction of sp³-hybridized carbons (Fsp3) is 0.300. The van der Waals surface area contributed by atoms with E-state index < -0.39 is 6.35 Å². The first-order chi connectivity index (χ1) is 14.7. The van der Waals surface area contributed by atoms with Gasteiger partial charge in [0.05, 0.1) is 30.4 Å². The van der Waals surface area contributed by atoms with Crippen molar-refractivity contribution in [2.75, 3.05) is 43.1 Å². The third-order valence-electron chi connectivity index (χ3n) is 5.17. The first kappa shape index (κ1) is 18.5.